The van der Waals surface area contributed by atoms with E-state index in [1.807, 2.05) is 31.2 Å². The predicted molar refractivity (Wildman–Crippen MR) is 93.0 cm³/mol. The van der Waals surface area contributed by atoms with Crippen molar-refractivity contribution in [1.82, 2.24) is 9.97 Å². The average molecular weight is 316 g/mol. The first-order chi connectivity index (χ1) is 10.8. The van der Waals surface area contributed by atoms with Crippen molar-refractivity contribution < 1.29 is 9.47 Å². The molecule has 0 aliphatic heterocycles. The summed E-state index contributed by atoms with van der Waals surface area (Å²) in [4.78, 5) is 8.92. The van der Waals surface area contributed by atoms with Gasteiger partial charge in [-0.05, 0) is 39.8 Å². The smallest absolute Gasteiger partial charge is 0.225 e. The number of aromatic nitrogens is 2. The van der Waals surface area contributed by atoms with Crippen LogP contribution in [0, 0.1) is 6.92 Å². The van der Waals surface area contributed by atoms with Crippen LogP contribution in [-0.2, 0) is 0 Å². The van der Waals surface area contributed by atoms with Crippen molar-refractivity contribution in [2.75, 3.05) is 24.9 Å². The minimum atomic E-state index is -0.103. The molecule has 1 heterocycles. The Bertz CT molecular complexity index is 681. The summed E-state index contributed by atoms with van der Waals surface area (Å²) in [6.07, 6.45) is 0. The molecule has 0 fully saturated rings. The van der Waals surface area contributed by atoms with E-state index in [-0.39, 0.29) is 5.54 Å². The fourth-order valence-electron chi connectivity index (χ4n) is 2.09. The van der Waals surface area contributed by atoms with Gasteiger partial charge in [0.25, 0.3) is 0 Å². The zero-order valence-electron chi connectivity index (χ0n) is 14.5. The van der Waals surface area contributed by atoms with E-state index in [9.17, 15) is 0 Å². The van der Waals surface area contributed by atoms with Crippen LogP contribution in [-0.4, -0.2) is 29.7 Å². The molecule has 0 radical (unpaired) electrons. The predicted octanol–water partition coefficient (Wildman–Crippen LogP) is 3.76. The van der Waals surface area contributed by atoms with Crippen LogP contribution >= 0.6 is 0 Å². The van der Waals surface area contributed by atoms with Crippen LogP contribution in [0.1, 0.15) is 26.5 Å². The molecule has 0 unspecified atom stereocenters. The van der Waals surface area contributed by atoms with Crippen molar-refractivity contribution in [2.24, 2.45) is 0 Å². The molecule has 0 aliphatic carbocycles. The summed E-state index contributed by atoms with van der Waals surface area (Å²) < 4.78 is 10.6. The number of nitrogens with zero attached hydrogens (tertiary/aromatic N) is 2. The Labute approximate surface area is 137 Å². The van der Waals surface area contributed by atoms with Crippen LogP contribution in [0.2, 0.25) is 0 Å². The number of nitrogens with one attached hydrogen (secondary N) is 2. The maximum absolute atomic E-state index is 5.32. The molecular weight excluding hydrogens is 292 g/mol. The summed E-state index contributed by atoms with van der Waals surface area (Å²) in [5.41, 5.74) is 1.64. The Morgan fingerprint density at radius 2 is 1.65 bits per heavy atom. The minimum Gasteiger partial charge on any atom is -0.493 e. The first kappa shape index (κ1) is 16.9. The van der Waals surface area contributed by atoms with Gasteiger partial charge in [-0.15, -0.1) is 0 Å². The number of hydrogen-bond acceptors (Lipinski definition) is 6. The lowest BCUT2D eigenvalue weighted by Gasteiger charge is -2.21. The maximum Gasteiger partial charge on any atom is 0.225 e. The Kier molecular flexibility index (Phi) is 4.93. The molecule has 6 heteroatoms. The second-order valence-corrected chi connectivity index (χ2v) is 6.29. The molecule has 0 bridgehead atoms. The third-order valence-electron chi connectivity index (χ3n) is 3.00. The highest BCUT2D eigenvalue weighted by Gasteiger charge is 2.12. The number of benzene rings is 1. The molecule has 0 saturated carbocycles. The van der Waals surface area contributed by atoms with E-state index in [0.29, 0.717) is 17.4 Å². The van der Waals surface area contributed by atoms with Crippen molar-refractivity contribution >= 4 is 17.5 Å². The standard InChI is InChI=1S/C17H24N4O2/c1-11-9-15(20-16(18-11)21-17(2,3)4)19-12-7-8-13(22-5)14(10-12)23-6/h7-10H,1-6H3,(H2,18,19,20,21). The molecule has 0 spiro atoms. The highest BCUT2D eigenvalue weighted by molar-refractivity contribution is 5.62. The monoisotopic (exact) mass is 316 g/mol. The van der Waals surface area contributed by atoms with E-state index in [2.05, 4.69) is 41.4 Å². The quantitative estimate of drug-likeness (QED) is 0.875. The fourth-order valence-corrected chi connectivity index (χ4v) is 2.09. The summed E-state index contributed by atoms with van der Waals surface area (Å²) in [5.74, 6) is 2.67. The zero-order valence-corrected chi connectivity index (χ0v) is 14.5. The summed E-state index contributed by atoms with van der Waals surface area (Å²) in [6.45, 7) is 8.15. The summed E-state index contributed by atoms with van der Waals surface area (Å²) in [7, 11) is 3.23. The molecule has 0 amide bonds. The topological polar surface area (TPSA) is 68.3 Å². The Balaban J connectivity index is 2.26. The molecule has 124 valence electrons. The first-order valence-electron chi connectivity index (χ1n) is 7.43. The molecule has 2 aromatic rings. The average Bonchev–Trinajstić information content (AvgIpc) is 2.44. The van der Waals surface area contributed by atoms with E-state index < -0.39 is 0 Å². The van der Waals surface area contributed by atoms with E-state index in [0.717, 1.165) is 17.2 Å². The van der Waals surface area contributed by atoms with Crippen molar-refractivity contribution in [3.8, 4) is 11.5 Å². The fraction of sp³-hybridized carbons (Fsp3) is 0.412. The van der Waals surface area contributed by atoms with Gasteiger partial charge in [-0.25, -0.2) is 4.98 Å². The van der Waals surface area contributed by atoms with Crippen molar-refractivity contribution in [3.63, 3.8) is 0 Å². The van der Waals surface area contributed by atoms with E-state index >= 15 is 0 Å². The SMILES string of the molecule is COc1ccc(Nc2cc(C)nc(NC(C)(C)C)n2)cc1OC. The van der Waals surface area contributed by atoms with Gasteiger partial charge in [0.05, 0.1) is 14.2 Å². The number of methoxy groups -OCH3 is 2. The highest BCUT2D eigenvalue weighted by Crippen LogP contribution is 2.31. The van der Waals surface area contributed by atoms with Gasteiger partial charge in [0.1, 0.15) is 5.82 Å². The summed E-state index contributed by atoms with van der Waals surface area (Å²) in [5, 5.41) is 6.55. The number of hydrogen-bond donors (Lipinski definition) is 2. The van der Waals surface area contributed by atoms with Crippen molar-refractivity contribution in [3.05, 3.63) is 30.0 Å². The third-order valence-corrected chi connectivity index (χ3v) is 3.00. The van der Waals surface area contributed by atoms with Gasteiger partial charge >= 0.3 is 0 Å². The Hall–Kier alpha value is -2.50. The summed E-state index contributed by atoms with van der Waals surface area (Å²) >= 11 is 0. The van der Waals surface area contributed by atoms with Gasteiger partial charge in [-0.1, -0.05) is 0 Å². The summed E-state index contributed by atoms with van der Waals surface area (Å²) in [6, 6.07) is 7.52. The molecule has 0 saturated heterocycles. The van der Waals surface area contributed by atoms with Crippen LogP contribution in [0.15, 0.2) is 24.3 Å². The van der Waals surface area contributed by atoms with Gasteiger partial charge in [-0.2, -0.15) is 4.98 Å². The van der Waals surface area contributed by atoms with Gasteiger partial charge in [0.15, 0.2) is 11.5 Å². The maximum atomic E-state index is 5.32. The van der Waals surface area contributed by atoms with Crippen LogP contribution in [0.5, 0.6) is 11.5 Å². The van der Waals surface area contributed by atoms with Crippen molar-refractivity contribution in [2.45, 2.75) is 33.2 Å². The first-order valence-corrected chi connectivity index (χ1v) is 7.43. The highest BCUT2D eigenvalue weighted by atomic mass is 16.5. The van der Waals surface area contributed by atoms with E-state index in [1.54, 1.807) is 14.2 Å². The molecular formula is C17H24N4O2. The number of rotatable bonds is 5. The van der Waals surface area contributed by atoms with Gasteiger partial charge < -0.3 is 20.1 Å². The molecule has 0 atom stereocenters. The third kappa shape index (κ3) is 4.74. The molecule has 2 rings (SSSR count). The lowest BCUT2D eigenvalue weighted by molar-refractivity contribution is 0.355. The lowest BCUT2D eigenvalue weighted by atomic mass is 10.1. The van der Waals surface area contributed by atoms with E-state index in [4.69, 9.17) is 9.47 Å². The van der Waals surface area contributed by atoms with Gasteiger partial charge in [0, 0.05) is 29.1 Å². The zero-order chi connectivity index (χ0) is 17.0. The van der Waals surface area contributed by atoms with Gasteiger partial charge in [-0.3, -0.25) is 0 Å². The molecule has 23 heavy (non-hydrogen) atoms. The normalized spacial score (nSPS) is 11.0. The second-order valence-electron chi connectivity index (χ2n) is 6.29. The van der Waals surface area contributed by atoms with Crippen molar-refractivity contribution in [1.29, 1.82) is 0 Å². The lowest BCUT2D eigenvalue weighted by Crippen LogP contribution is -2.27. The van der Waals surface area contributed by atoms with Gasteiger partial charge in [0.2, 0.25) is 5.95 Å². The van der Waals surface area contributed by atoms with E-state index in [1.165, 1.54) is 0 Å². The number of aryl methyl sites for hydroxylation is 1. The number of ether oxygens (including phenoxy) is 2. The molecule has 1 aromatic carbocycles. The van der Waals surface area contributed by atoms with Crippen LogP contribution < -0.4 is 20.1 Å². The Morgan fingerprint density at radius 3 is 2.26 bits per heavy atom. The minimum absolute atomic E-state index is 0.103. The number of anilines is 3. The largest absolute Gasteiger partial charge is 0.493 e. The second kappa shape index (κ2) is 6.73. The molecule has 2 N–H and O–H groups in total. The molecule has 0 aliphatic rings. The Morgan fingerprint density at radius 1 is 0.957 bits per heavy atom. The molecule has 6 nitrogen and oxygen atoms in total. The van der Waals surface area contributed by atoms with Crippen LogP contribution in [0.3, 0.4) is 0 Å². The van der Waals surface area contributed by atoms with Crippen LogP contribution in [0.25, 0.3) is 0 Å². The molecule has 1 aromatic heterocycles. The van der Waals surface area contributed by atoms with Crippen LogP contribution in [0.4, 0.5) is 17.5 Å².